The van der Waals surface area contributed by atoms with E-state index in [1.165, 1.54) is 11.3 Å². The standard InChI is InChI=1S/C18H24N2O/c1-3-19-15-16-8-7-11-18(14-16)21-13-12-20(2)17-9-5-4-6-10-17/h4-11,14,19H,3,12-13,15H2,1-2H3. The van der Waals surface area contributed by atoms with Crippen LogP contribution in [0.4, 0.5) is 5.69 Å². The van der Waals surface area contributed by atoms with Gasteiger partial charge in [-0.1, -0.05) is 37.3 Å². The van der Waals surface area contributed by atoms with Gasteiger partial charge in [-0.15, -0.1) is 0 Å². The lowest BCUT2D eigenvalue weighted by atomic mass is 10.2. The van der Waals surface area contributed by atoms with Gasteiger partial charge >= 0.3 is 0 Å². The Balaban J connectivity index is 1.80. The third-order valence-electron chi connectivity index (χ3n) is 3.37. The van der Waals surface area contributed by atoms with Gasteiger partial charge in [-0.05, 0) is 36.4 Å². The first-order chi connectivity index (χ1) is 10.3. The Morgan fingerprint density at radius 3 is 2.62 bits per heavy atom. The third kappa shape index (κ3) is 5.12. The smallest absolute Gasteiger partial charge is 0.119 e. The minimum Gasteiger partial charge on any atom is -0.492 e. The summed E-state index contributed by atoms with van der Waals surface area (Å²) in [5.74, 6) is 0.937. The molecule has 0 amide bonds. The maximum absolute atomic E-state index is 5.85. The van der Waals surface area contributed by atoms with Gasteiger partial charge in [0.2, 0.25) is 0 Å². The van der Waals surface area contributed by atoms with Crippen LogP contribution in [0.15, 0.2) is 54.6 Å². The lowest BCUT2D eigenvalue weighted by molar-refractivity contribution is 0.325. The van der Waals surface area contributed by atoms with Gasteiger partial charge in [-0.2, -0.15) is 0 Å². The summed E-state index contributed by atoms with van der Waals surface area (Å²) in [5.41, 5.74) is 2.47. The molecule has 0 atom stereocenters. The lowest BCUT2D eigenvalue weighted by Crippen LogP contribution is -2.23. The number of likely N-dealkylation sites (N-methyl/N-ethyl adjacent to an activating group) is 1. The van der Waals surface area contributed by atoms with E-state index in [4.69, 9.17) is 4.74 Å². The summed E-state index contributed by atoms with van der Waals surface area (Å²) >= 11 is 0. The molecular weight excluding hydrogens is 260 g/mol. The maximum Gasteiger partial charge on any atom is 0.119 e. The molecule has 0 saturated heterocycles. The highest BCUT2D eigenvalue weighted by molar-refractivity contribution is 5.44. The fraction of sp³-hybridized carbons (Fsp3) is 0.333. The van der Waals surface area contributed by atoms with Crippen molar-refractivity contribution in [2.75, 3.05) is 31.6 Å². The number of anilines is 1. The average Bonchev–Trinajstić information content (AvgIpc) is 2.54. The van der Waals surface area contributed by atoms with Crippen LogP contribution in [-0.2, 0) is 6.54 Å². The molecule has 112 valence electrons. The molecule has 3 heteroatoms. The summed E-state index contributed by atoms with van der Waals surface area (Å²) in [6.07, 6.45) is 0. The molecule has 0 aromatic heterocycles. The summed E-state index contributed by atoms with van der Waals surface area (Å²) in [6.45, 7) is 5.52. The Kier molecular flexibility index (Phi) is 6.10. The number of benzene rings is 2. The first kappa shape index (κ1) is 15.4. The third-order valence-corrected chi connectivity index (χ3v) is 3.37. The molecule has 0 aliphatic heterocycles. The first-order valence-corrected chi connectivity index (χ1v) is 7.48. The van der Waals surface area contributed by atoms with Gasteiger partial charge in [0.1, 0.15) is 12.4 Å². The zero-order valence-electron chi connectivity index (χ0n) is 12.9. The van der Waals surface area contributed by atoms with Gasteiger partial charge in [0, 0.05) is 19.3 Å². The molecule has 1 N–H and O–H groups in total. The van der Waals surface area contributed by atoms with Crippen molar-refractivity contribution in [3.8, 4) is 5.75 Å². The highest BCUT2D eigenvalue weighted by Crippen LogP contribution is 2.14. The van der Waals surface area contributed by atoms with Gasteiger partial charge in [-0.25, -0.2) is 0 Å². The molecule has 0 spiro atoms. The minimum atomic E-state index is 0.677. The molecule has 2 aromatic carbocycles. The van der Waals surface area contributed by atoms with Gasteiger partial charge in [0.25, 0.3) is 0 Å². The fourth-order valence-corrected chi connectivity index (χ4v) is 2.13. The zero-order chi connectivity index (χ0) is 14.9. The SMILES string of the molecule is CCNCc1cccc(OCCN(C)c2ccccc2)c1. The Labute approximate surface area is 127 Å². The van der Waals surface area contributed by atoms with Crippen LogP contribution >= 0.6 is 0 Å². The van der Waals surface area contributed by atoms with E-state index in [0.29, 0.717) is 6.61 Å². The van der Waals surface area contributed by atoms with Crippen LogP contribution in [0.25, 0.3) is 0 Å². The molecule has 0 saturated carbocycles. The Morgan fingerprint density at radius 1 is 1.05 bits per heavy atom. The molecule has 0 heterocycles. The molecule has 0 unspecified atom stereocenters. The molecule has 0 aliphatic carbocycles. The molecule has 21 heavy (non-hydrogen) atoms. The number of para-hydroxylation sites is 1. The topological polar surface area (TPSA) is 24.5 Å². The normalized spacial score (nSPS) is 10.4. The molecule has 0 radical (unpaired) electrons. The van der Waals surface area contributed by atoms with Gasteiger partial charge in [-0.3, -0.25) is 0 Å². The number of hydrogen-bond donors (Lipinski definition) is 1. The highest BCUT2D eigenvalue weighted by atomic mass is 16.5. The van der Waals surface area contributed by atoms with Crippen molar-refractivity contribution in [1.82, 2.24) is 5.32 Å². The predicted molar refractivity (Wildman–Crippen MR) is 89.0 cm³/mol. The highest BCUT2D eigenvalue weighted by Gasteiger charge is 2.01. The van der Waals surface area contributed by atoms with Crippen LogP contribution < -0.4 is 15.0 Å². The maximum atomic E-state index is 5.85. The van der Waals surface area contributed by atoms with Crippen LogP contribution in [0.3, 0.4) is 0 Å². The monoisotopic (exact) mass is 284 g/mol. The molecule has 3 nitrogen and oxygen atoms in total. The lowest BCUT2D eigenvalue weighted by Gasteiger charge is -2.19. The van der Waals surface area contributed by atoms with Crippen molar-refractivity contribution >= 4 is 5.69 Å². The van der Waals surface area contributed by atoms with Crippen LogP contribution in [0, 0.1) is 0 Å². The molecule has 0 fully saturated rings. The summed E-state index contributed by atoms with van der Waals surface area (Å²) in [7, 11) is 2.08. The van der Waals surface area contributed by atoms with E-state index >= 15 is 0 Å². The van der Waals surface area contributed by atoms with Crippen molar-refractivity contribution < 1.29 is 4.74 Å². The number of hydrogen-bond acceptors (Lipinski definition) is 3. The first-order valence-electron chi connectivity index (χ1n) is 7.48. The second kappa shape index (κ2) is 8.32. The van der Waals surface area contributed by atoms with E-state index < -0.39 is 0 Å². The minimum absolute atomic E-state index is 0.677. The molecule has 2 rings (SSSR count). The largest absolute Gasteiger partial charge is 0.492 e. The molecule has 2 aromatic rings. The molecule has 0 bridgehead atoms. The predicted octanol–water partition coefficient (Wildman–Crippen LogP) is 3.31. The van der Waals surface area contributed by atoms with Crippen molar-refractivity contribution in [3.63, 3.8) is 0 Å². The Bertz CT molecular complexity index is 528. The molecular formula is C18H24N2O. The number of ether oxygens (including phenoxy) is 1. The van der Waals surface area contributed by atoms with Crippen LogP contribution in [-0.4, -0.2) is 26.7 Å². The van der Waals surface area contributed by atoms with E-state index in [1.54, 1.807) is 0 Å². The fourth-order valence-electron chi connectivity index (χ4n) is 2.13. The molecule has 0 aliphatic rings. The van der Waals surface area contributed by atoms with Crippen molar-refractivity contribution in [3.05, 3.63) is 60.2 Å². The second-order valence-corrected chi connectivity index (χ2v) is 5.03. The van der Waals surface area contributed by atoms with Crippen LogP contribution in [0.2, 0.25) is 0 Å². The van der Waals surface area contributed by atoms with E-state index in [0.717, 1.165) is 25.4 Å². The van der Waals surface area contributed by atoms with Crippen molar-refractivity contribution in [1.29, 1.82) is 0 Å². The van der Waals surface area contributed by atoms with Gasteiger partial charge < -0.3 is 15.0 Å². The number of nitrogens with one attached hydrogen (secondary N) is 1. The van der Waals surface area contributed by atoms with Gasteiger partial charge in [0.15, 0.2) is 0 Å². The number of nitrogens with zero attached hydrogens (tertiary/aromatic N) is 1. The van der Waals surface area contributed by atoms with Crippen molar-refractivity contribution in [2.24, 2.45) is 0 Å². The average molecular weight is 284 g/mol. The van der Waals surface area contributed by atoms with E-state index in [-0.39, 0.29) is 0 Å². The van der Waals surface area contributed by atoms with Gasteiger partial charge in [0.05, 0.1) is 6.54 Å². The quantitative estimate of drug-likeness (QED) is 0.805. The Hall–Kier alpha value is -2.00. The van der Waals surface area contributed by atoms with E-state index in [1.807, 2.05) is 18.2 Å². The summed E-state index contributed by atoms with van der Waals surface area (Å²) < 4.78 is 5.85. The van der Waals surface area contributed by atoms with Crippen LogP contribution in [0.5, 0.6) is 5.75 Å². The second-order valence-electron chi connectivity index (χ2n) is 5.03. The summed E-state index contributed by atoms with van der Waals surface area (Å²) in [6, 6.07) is 18.6. The van der Waals surface area contributed by atoms with Crippen molar-refractivity contribution in [2.45, 2.75) is 13.5 Å². The van der Waals surface area contributed by atoms with Crippen LogP contribution in [0.1, 0.15) is 12.5 Å². The number of rotatable bonds is 8. The van der Waals surface area contributed by atoms with E-state index in [9.17, 15) is 0 Å². The summed E-state index contributed by atoms with van der Waals surface area (Å²) in [5, 5.41) is 3.32. The Morgan fingerprint density at radius 2 is 1.86 bits per heavy atom. The van der Waals surface area contributed by atoms with E-state index in [2.05, 4.69) is 60.6 Å². The summed E-state index contributed by atoms with van der Waals surface area (Å²) in [4.78, 5) is 2.20. The zero-order valence-corrected chi connectivity index (χ0v) is 12.9.